The smallest absolute Gasteiger partial charge is 0.0582 e. The van der Waals surface area contributed by atoms with E-state index >= 15 is 0 Å². The molecule has 0 fully saturated rings. The molecule has 2 atom stereocenters. The van der Waals surface area contributed by atoms with Crippen LogP contribution in [0.15, 0.2) is 0 Å². The lowest BCUT2D eigenvalue weighted by atomic mass is 9.87. The Kier molecular flexibility index (Phi) is 11.0. The van der Waals surface area contributed by atoms with Crippen molar-refractivity contribution in [2.24, 2.45) is 17.6 Å². The third-order valence-electron chi connectivity index (χ3n) is 3.73. The van der Waals surface area contributed by atoms with Crippen molar-refractivity contribution in [1.29, 1.82) is 0 Å². The van der Waals surface area contributed by atoms with E-state index in [0.29, 0.717) is 12.5 Å². The highest BCUT2D eigenvalue weighted by Gasteiger charge is 2.20. The van der Waals surface area contributed by atoms with Crippen molar-refractivity contribution in [3.8, 4) is 0 Å². The normalized spacial score (nSPS) is 15.2. The summed E-state index contributed by atoms with van der Waals surface area (Å²) in [5, 5.41) is 10.0. The zero-order chi connectivity index (χ0) is 13.1. The van der Waals surface area contributed by atoms with Crippen molar-refractivity contribution in [2.75, 3.05) is 6.54 Å². The Balaban J connectivity index is 3.46. The van der Waals surface area contributed by atoms with E-state index in [4.69, 9.17) is 5.73 Å². The maximum atomic E-state index is 10.0. The van der Waals surface area contributed by atoms with E-state index in [0.717, 1.165) is 12.8 Å². The Bertz CT molecular complexity index is 159. The van der Waals surface area contributed by atoms with E-state index in [-0.39, 0.29) is 12.0 Å². The Labute approximate surface area is 108 Å². The van der Waals surface area contributed by atoms with Gasteiger partial charge < -0.3 is 10.8 Å². The van der Waals surface area contributed by atoms with Crippen molar-refractivity contribution < 1.29 is 5.11 Å². The molecule has 0 aliphatic carbocycles. The van der Waals surface area contributed by atoms with Crippen LogP contribution in [0, 0.1) is 11.8 Å². The molecule has 104 valence electrons. The second-order valence-electron chi connectivity index (χ2n) is 5.62. The Morgan fingerprint density at radius 2 is 1.47 bits per heavy atom. The quantitative estimate of drug-likeness (QED) is 0.543. The second-order valence-corrected chi connectivity index (χ2v) is 5.62. The maximum Gasteiger partial charge on any atom is 0.0582 e. The van der Waals surface area contributed by atoms with Gasteiger partial charge in [-0.25, -0.2) is 0 Å². The van der Waals surface area contributed by atoms with Crippen LogP contribution < -0.4 is 5.73 Å². The van der Waals surface area contributed by atoms with Gasteiger partial charge in [-0.05, 0) is 24.8 Å². The van der Waals surface area contributed by atoms with E-state index < -0.39 is 0 Å². The first-order valence-electron chi connectivity index (χ1n) is 7.51. The van der Waals surface area contributed by atoms with Crippen LogP contribution in [0.4, 0.5) is 0 Å². The van der Waals surface area contributed by atoms with Gasteiger partial charge >= 0.3 is 0 Å². The van der Waals surface area contributed by atoms with Gasteiger partial charge in [0.25, 0.3) is 0 Å². The molecule has 0 aliphatic heterocycles. The minimum Gasteiger partial charge on any atom is -0.393 e. The third kappa shape index (κ3) is 8.62. The molecule has 0 rings (SSSR count). The van der Waals surface area contributed by atoms with Gasteiger partial charge in [0.1, 0.15) is 0 Å². The SMILES string of the molecule is CCCCCCCCCC(O)C(CN)C(C)C. The summed E-state index contributed by atoms with van der Waals surface area (Å²) < 4.78 is 0. The van der Waals surface area contributed by atoms with Gasteiger partial charge in [0.2, 0.25) is 0 Å². The fourth-order valence-corrected chi connectivity index (χ4v) is 2.40. The van der Waals surface area contributed by atoms with Crippen LogP contribution in [0.2, 0.25) is 0 Å². The predicted octanol–water partition coefficient (Wildman–Crippen LogP) is 3.72. The highest BCUT2D eigenvalue weighted by atomic mass is 16.3. The molecule has 0 radical (unpaired) electrons. The zero-order valence-electron chi connectivity index (χ0n) is 12.1. The Hall–Kier alpha value is -0.0800. The summed E-state index contributed by atoms with van der Waals surface area (Å²) in [6.45, 7) is 7.14. The molecular formula is C15H33NO. The molecule has 0 aromatic rings. The van der Waals surface area contributed by atoms with Crippen LogP contribution >= 0.6 is 0 Å². The van der Waals surface area contributed by atoms with Crippen molar-refractivity contribution in [3.05, 3.63) is 0 Å². The lowest BCUT2D eigenvalue weighted by molar-refractivity contribution is 0.0758. The molecule has 0 aromatic carbocycles. The molecule has 0 aliphatic rings. The lowest BCUT2D eigenvalue weighted by Crippen LogP contribution is -2.31. The zero-order valence-corrected chi connectivity index (χ0v) is 12.1. The van der Waals surface area contributed by atoms with E-state index in [9.17, 15) is 5.11 Å². The van der Waals surface area contributed by atoms with Gasteiger partial charge in [0.05, 0.1) is 6.10 Å². The summed E-state index contributed by atoms with van der Waals surface area (Å²) >= 11 is 0. The molecule has 2 nitrogen and oxygen atoms in total. The second kappa shape index (κ2) is 11.0. The fourth-order valence-electron chi connectivity index (χ4n) is 2.40. The largest absolute Gasteiger partial charge is 0.393 e. The lowest BCUT2D eigenvalue weighted by Gasteiger charge is -2.24. The van der Waals surface area contributed by atoms with Gasteiger partial charge in [-0.1, -0.05) is 65.7 Å². The van der Waals surface area contributed by atoms with E-state index in [1.165, 1.54) is 38.5 Å². The highest BCUT2D eigenvalue weighted by molar-refractivity contribution is 4.72. The molecular weight excluding hydrogens is 210 g/mol. The number of aliphatic hydroxyl groups is 1. The number of nitrogens with two attached hydrogens (primary N) is 1. The van der Waals surface area contributed by atoms with Gasteiger partial charge in [0, 0.05) is 0 Å². The van der Waals surface area contributed by atoms with Crippen molar-refractivity contribution in [3.63, 3.8) is 0 Å². The number of aliphatic hydroxyl groups excluding tert-OH is 1. The van der Waals surface area contributed by atoms with Gasteiger partial charge in [-0.2, -0.15) is 0 Å². The average Bonchev–Trinajstić information content (AvgIpc) is 2.28. The number of unbranched alkanes of at least 4 members (excludes halogenated alkanes) is 6. The maximum absolute atomic E-state index is 10.0. The molecule has 0 saturated carbocycles. The minimum absolute atomic E-state index is 0.198. The van der Waals surface area contributed by atoms with E-state index in [2.05, 4.69) is 20.8 Å². The molecule has 0 aromatic heterocycles. The average molecular weight is 243 g/mol. The number of rotatable bonds is 11. The third-order valence-corrected chi connectivity index (χ3v) is 3.73. The highest BCUT2D eigenvalue weighted by Crippen LogP contribution is 2.19. The van der Waals surface area contributed by atoms with Crippen molar-refractivity contribution in [1.82, 2.24) is 0 Å². The van der Waals surface area contributed by atoms with Crippen LogP contribution in [0.5, 0.6) is 0 Å². The number of hydrogen-bond acceptors (Lipinski definition) is 2. The summed E-state index contributed by atoms with van der Waals surface area (Å²) in [7, 11) is 0. The van der Waals surface area contributed by atoms with Crippen molar-refractivity contribution in [2.45, 2.75) is 78.2 Å². The fraction of sp³-hybridized carbons (Fsp3) is 1.00. The molecule has 17 heavy (non-hydrogen) atoms. The van der Waals surface area contributed by atoms with Crippen LogP contribution in [-0.2, 0) is 0 Å². The van der Waals surface area contributed by atoms with Crippen LogP contribution in [-0.4, -0.2) is 17.8 Å². The van der Waals surface area contributed by atoms with Crippen LogP contribution in [0.25, 0.3) is 0 Å². The first-order valence-corrected chi connectivity index (χ1v) is 7.51. The van der Waals surface area contributed by atoms with Gasteiger partial charge in [-0.3, -0.25) is 0 Å². The van der Waals surface area contributed by atoms with E-state index in [1.807, 2.05) is 0 Å². The molecule has 0 bridgehead atoms. The summed E-state index contributed by atoms with van der Waals surface area (Å²) in [5.74, 6) is 0.759. The van der Waals surface area contributed by atoms with Gasteiger partial charge in [-0.15, -0.1) is 0 Å². The molecule has 3 N–H and O–H groups in total. The summed E-state index contributed by atoms with van der Waals surface area (Å²) in [4.78, 5) is 0. The van der Waals surface area contributed by atoms with Crippen molar-refractivity contribution >= 4 is 0 Å². The molecule has 0 spiro atoms. The standard InChI is InChI=1S/C15H33NO/c1-4-5-6-7-8-9-10-11-15(17)14(12-16)13(2)3/h13-15,17H,4-12,16H2,1-3H3. The molecule has 0 heterocycles. The Morgan fingerprint density at radius 3 is 1.94 bits per heavy atom. The predicted molar refractivity (Wildman–Crippen MR) is 76.0 cm³/mol. The minimum atomic E-state index is -0.198. The number of hydrogen-bond donors (Lipinski definition) is 2. The molecule has 2 heteroatoms. The monoisotopic (exact) mass is 243 g/mol. The van der Waals surface area contributed by atoms with Crippen LogP contribution in [0.1, 0.15) is 72.1 Å². The van der Waals surface area contributed by atoms with E-state index in [1.54, 1.807) is 0 Å². The van der Waals surface area contributed by atoms with Crippen LogP contribution in [0.3, 0.4) is 0 Å². The summed E-state index contributed by atoms with van der Waals surface area (Å²) in [6, 6.07) is 0. The molecule has 2 unspecified atom stereocenters. The first kappa shape index (κ1) is 16.9. The Morgan fingerprint density at radius 1 is 0.941 bits per heavy atom. The van der Waals surface area contributed by atoms with Gasteiger partial charge in [0.15, 0.2) is 0 Å². The topological polar surface area (TPSA) is 46.2 Å². The molecule has 0 amide bonds. The summed E-state index contributed by atoms with van der Waals surface area (Å²) in [5.41, 5.74) is 5.70. The summed E-state index contributed by atoms with van der Waals surface area (Å²) in [6.07, 6.45) is 9.86. The first-order chi connectivity index (χ1) is 8.13. The molecule has 0 saturated heterocycles.